The van der Waals surface area contributed by atoms with Crippen LogP contribution in [0.5, 0.6) is 0 Å². The lowest BCUT2D eigenvalue weighted by Gasteiger charge is -2.46. The zero-order valence-electron chi connectivity index (χ0n) is 85.1. The molecule has 0 radical (unpaired) electrons. The first-order valence-electron chi connectivity index (χ1n) is 50.8. The maximum absolute atomic E-state index is 10.5. The van der Waals surface area contributed by atoms with Crippen molar-refractivity contribution in [3.8, 4) is 100 Å². The van der Waals surface area contributed by atoms with E-state index in [1.807, 2.05) is 91.0 Å². The van der Waals surface area contributed by atoms with Crippen LogP contribution in [0.4, 0.5) is 34.1 Å². The SMILES string of the molecule is [2H]c1c([2H])c([2H])c2c(c1[2H])c1c(-c3ccccc3)c([2H])c([2H])c([2H])c1n2-c1ccc2c(c1)N(c1c(-c3cccc(-c4ccccc4)c3)cccc1-c1cc3c4ccccc4n4c5ccccc5c(c1)c34)c1cc(C(C)(C)C)cc3c1B2c1ccc(-n2c4c([2H])c([2H])c([2H])c([2H])c4c4c(-c5ccccc5)c([2H])c([2H])c([2H])c42)cc1N3c1c(-c2ccccc2)cc(C(C)(C)C)cc1-c1cccc(-c2ccccc2)c1. The third-order valence-electron chi connectivity index (χ3n) is 26.6. The van der Waals surface area contributed by atoms with Crippen LogP contribution in [0.25, 0.3) is 182 Å². The monoisotopic (exact) mass is 1650 g/mol. The molecule has 6 heterocycles. The van der Waals surface area contributed by atoms with Crippen molar-refractivity contribution in [1.29, 1.82) is 0 Å². The van der Waals surface area contributed by atoms with Gasteiger partial charge in [-0.3, -0.25) is 0 Å². The third kappa shape index (κ3) is 11.6. The van der Waals surface area contributed by atoms with Crippen LogP contribution in [0, 0.1) is 0 Å². The molecule has 0 N–H and O–H groups in total. The van der Waals surface area contributed by atoms with Gasteiger partial charge in [0.2, 0.25) is 0 Å². The van der Waals surface area contributed by atoms with Crippen molar-refractivity contribution in [3.05, 3.63) is 435 Å². The van der Waals surface area contributed by atoms with E-state index in [-0.39, 0.29) is 103 Å². The first kappa shape index (κ1) is 61.5. The van der Waals surface area contributed by atoms with E-state index >= 15 is 0 Å². The summed E-state index contributed by atoms with van der Waals surface area (Å²) in [6.07, 6.45) is 0. The fraction of sp³-hybridized carbons (Fsp3) is 0.0656. The highest BCUT2D eigenvalue weighted by atomic mass is 15.2. The van der Waals surface area contributed by atoms with Crippen molar-refractivity contribution in [3.63, 3.8) is 0 Å². The predicted octanol–water partition coefficient (Wildman–Crippen LogP) is 31.0. The molecule has 128 heavy (non-hydrogen) atoms. The molecule has 6 heteroatoms. The first-order valence-corrected chi connectivity index (χ1v) is 43.8. The van der Waals surface area contributed by atoms with Crippen molar-refractivity contribution in [2.45, 2.75) is 52.4 Å². The van der Waals surface area contributed by atoms with Gasteiger partial charge in [-0.15, -0.1) is 0 Å². The van der Waals surface area contributed by atoms with Gasteiger partial charge in [0.05, 0.1) is 69.2 Å². The Hall–Kier alpha value is -15.8. The largest absolute Gasteiger partial charge is 0.310 e. The van der Waals surface area contributed by atoms with Crippen LogP contribution in [0.1, 0.15) is 71.9 Å². The Bertz CT molecular complexity index is 9290. The summed E-state index contributed by atoms with van der Waals surface area (Å²) in [5, 5.41) is 4.87. The number of hydrogen-bond acceptors (Lipinski definition) is 2. The number of benzene rings is 19. The molecule has 4 aromatic heterocycles. The van der Waals surface area contributed by atoms with Gasteiger partial charge in [-0.05, 0) is 214 Å². The van der Waals surface area contributed by atoms with E-state index < -0.39 is 53.8 Å². The second-order valence-corrected chi connectivity index (χ2v) is 36.0. The first-order chi connectivity index (χ1) is 68.6. The van der Waals surface area contributed by atoms with E-state index in [1.54, 1.807) is 9.13 Å². The van der Waals surface area contributed by atoms with E-state index in [9.17, 15) is 19.2 Å². The van der Waals surface area contributed by atoms with E-state index in [1.165, 1.54) is 0 Å². The van der Waals surface area contributed by atoms with Crippen molar-refractivity contribution >= 4 is 139 Å². The van der Waals surface area contributed by atoms with Crippen LogP contribution in [-0.2, 0) is 10.8 Å². The summed E-state index contributed by atoms with van der Waals surface area (Å²) >= 11 is 0. The van der Waals surface area contributed by atoms with Gasteiger partial charge in [0, 0.05) is 99.5 Å². The molecular formula is C122H88BN5. The van der Waals surface area contributed by atoms with Gasteiger partial charge >= 0.3 is 0 Å². The Labute approximate surface area is 765 Å². The molecule has 25 rings (SSSR count). The zero-order valence-corrected chi connectivity index (χ0v) is 71.1. The molecule has 0 spiro atoms. The molecule has 604 valence electrons. The average Bonchev–Trinajstić information content (AvgIpc) is 1.06. The summed E-state index contributed by atoms with van der Waals surface area (Å²) in [5.74, 6) is 0. The normalized spacial score (nSPS) is 14.2. The molecule has 0 aliphatic carbocycles. The fourth-order valence-corrected chi connectivity index (χ4v) is 20.7. The summed E-state index contributed by atoms with van der Waals surface area (Å²) in [6, 6.07) is 112. The lowest BCUT2D eigenvalue weighted by atomic mass is 9.33. The van der Waals surface area contributed by atoms with E-state index in [2.05, 4.69) is 304 Å². The maximum Gasteiger partial charge on any atom is 0.252 e. The molecule has 19 aromatic carbocycles. The predicted molar refractivity (Wildman–Crippen MR) is 545 cm³/mol. The quantitative estimate of drug-likeness (QED) is 0.114. The van der Waals surface area contributed by atoms with E-state index in [4.69, 9.17) is 0 Å². The lowest BCUT2D eigenvalue weighted by molar-refractivity contribution is 0.590. The smallest absolute Gasteiger partial charge is 0.252 e. The topological polar surface area (TPSA) is 20.8 Å². The minimum atomic E-state index is -0.801. The van der Waals surface area contributed by atoms with Gasteiger partial charge in [-0.1, -0.05) is 357 Å². The van der Waals surface area contributed by atoms with Crippen molar-refractivity contribution in [2.24, 2.45) is 0 Å². The van der Waals surface area contributed by atoms with Crippen LogP contribution < -0.4 is 26.2 Å². The molecule has 0 bridgehead atoms. The minimum absolute atomic E-state index is 0.0439. The molecule has 0 saturated carbocycles. The summed E-state index contributed by atoms with van der Waals surface area (Å²) in [7, 11) is 0. The van der Waals surface area contributed by atoms with Crippen molar-refractivity contribution in [1.82, 2.24) is 13.5 Å². The van der Waals surface area contributed by atoms with Crippen LogP contribution >= 0.6 is 0 Å². The highest BCUT2D eigenvalue weighted by molar-refractivity contribution is 7.00. The Kier molecular flexibility index (Phi) is 13.9. The third-order valence-corrected chi connectivity index (χ3v) is 26.6. The summed E-state index contributed by atoms with van der Waals surface area (Å²) < 4.78 is 146. The van der Waals surface area contributed by atoms with Gasteiger partial charge in [-0.2, -0.15) is 0 Å². The number of para-hydroxylation sites is 5. The van der Waals surface area contributed by atoms with Crippen LogP contribution in [0.15, 0.2) is 424 Å². The second kappa shape index (κ2) is 28.9. The fourth-order valence-electron chi connectivity index (χ4n) is 20.7. The molecule has 0 amide bonds. The number of nitrogens with zero attached hydrogens (tertiary/aromatic N) is 5. The summed E-state index contributed by atoms with van der Waals surface area (Å²) in [5.41, 5.74) is 24.4. The van der Waals surface area contributed by atoms with E-state index in [0.29, 0.717) is 33.9 Å². The lowest BCUT2D eigenvalue weighted by Crippen LogP contribution is -2.61. The molecule has 23 aromatic rings. The van der Waals surface area contributed by atoms with Gasteiger partial charge in [-0.25, -0.2) is 0 Å². The molecular weight excluding hydrogens is 1550 g/mol. The Morgan fingerprint density at radius 3 is 1.08 bits per heavy atom. The van der Waals surface area contributed by atoms with Gasteiger partial charge < -0.3 is 23.3 Å². The molecule has 2 aliphatic heterocycles. The second-order valence-electron chi connectivity index (χ2n) is 36.0. The van der Waals surface area contributed by atoms with Gasteiger partial charge in [0.15, 0.2) is 0 Å². The molecule has 0 fully saturated rings. The molecule has 0 atom stereocenters. The highest BCUT2D eigenvalue weighted by Crippen LogP contribution is 2.57. The summed E-state index contributed by atoms with van der Waals surface area (Å²) in [6.45, 7) is 12.6. The van der Waals surface area contributed by atoms with E-state index in [0.717, 1.165) is 155 Å². The maximum atomic E-state index is 10.5. The Morgan fingerprint density at radius 1 is 0.242 bits per heavy atom. The standard InChI is InChI=1S/C122H88BN5/c1-121(2,3)87-71-99(81-43-20-11-21-44-81)119(100(72-87)85-48-31-46-83(68-85)78-37-14-8-15-38-78)128-112-76-90(125-108-60-29-25-52-98(108)116-92(54-34-62-110(116)125)80-41-18-10-19-42-80)64-66-104(112)123-103-65-63-89(124-107-59-28-24-51-97(107)115-91(53-33-61-109(115)124)79-39-16-9-17-40-79)75-111(103)127(113-73-88(122(4,5)6)74-114(128)117(113)123)118-93(84-47-30-45-82(67-84)77-35-12-7-13-36-77)55-32-56-94(118)86-69-101-95-49-22-26-57-105(95)126-106-58-27-23-50-96(106)102(70-86)120(101)126/h7-76H,1-6H3/i24D,25D,28D,29D,33D,34D,51D,52D,53D,54D,59D,60D,61D,62D. The number of fused-ring (bicyclic) bond motifs is 16. The van der Waals surface area contributed by atoms with Crippen LogP contribution in [-0.4, -0.2) is 20.2 Å². The molecule has 0 unspecified atom stereocenters. The summed E-state index contributed by atoms with van der Waals surface area (Å²) in [4.78, 5) is 4.87. The van der Waals surface area contributed by atoms with Crippen LogP contribution in [0.3, 0.4) is 0 Å². The van der Waals surface area contributed by atoms with Crippen LogP contribution in [0.2, 0.25) is 0 Å². The Balaban J connectivity index is 0.889. The minimum Gasteiger partial charge on any atom is -0.310 e. The van der Waals surface area contributed by atoms with Gasteiger partial charge in [0.1, 0.15) is 0 Å². The Morgan fingerprint density at radius 2 is 0.609 bits per heavy atom. The number of rotatable bonds is 12. The number of hydrogen-bond donors (Lipinski definition) is 0. The zero-order chi connectivity index (χ0) is 97.5. The molecule has 5 nitrogen and oxygen atoms in total. The average molecular weight is 1650 g/mol. The number of aromatic nitrogens is 3. The van der Waals surface area contributed by atoms with Crippen molar-refractivity contribution in [2.75, 3.05) is 9.80 Å². The molecule has 2 aliphatic rings. The number of anilines is 6. The van der Waals surface area contributed by atoms with Gasteiger partial charge in [0.25, 0.3) is 6.71 Å². The molecule has 0 saturated heterocycles. The highest BCUT2D eigenvalue weighted by Gasteiger charge is 2.47. The van der Waals surface area contributed by atoms with Crippen molar-refractivity contribution < 1.29 is 19.2 Å².